The molecule has 0 spiro atoms. The predicted octanol–water partition coefficient (Wildman–Crippen LogP) is -0.651. The monoisotopic (exact) mass is 224 g/mol. The molecule has 7 heteroatoms. The molecule has 0 radical (unpaired) electrons. The second kappa shape index (κ2) is 5.79. The Bertz CT molecular complexity index is 426. The molecule has 0 amide bonds. The predicted molar refractivity (Wildman–Crippen MR) is 56.6 cm³/mol. The number of nitrogens with one attached hydrogen (secondary N) is 1. The zero-order chi connectivity index (χ0) is 12.0. The first kappa shape index (κ1) is 12.1. The fourth-order valence-electron chi connectivity index (χ4n) is 0.854. The van der Waals surface area contributed by atoms with Crippen molar-refractivity contribution in [1.82, 2.24) is 15.0 Å². The van der Waals surface area contributed by atoms with E-state index in [0.29, 0.717) is 0 Å². The summed E-state index contributed by atoms with van der Waals surface area (Å²) in [5, 5.41) is 15.9. The van der Waals surface area contributed by atoms with Gasteiger partial charge < -0.3 is 20.9 Å². The lowest BCUT2D eigenvalue weighted by atomic mass is 10.3. The molecule has 1 unspecified atom stereocenters. The molecule has 86 valence electrons. The third kappa shape index (κ3) is 3.30. The molecule has 2 rings (SSSR count). The molecule has 0 aliphatic carbocycles. The van der Waals surface area contributed by atoms with Gasteiger partial charge in [-0.2, -0.15) is 0 Å². The van der Waals surface area contributed by atoms with Crippen LogP contribution >= 0.6 is 0 Å². The Hall–Kier alpha value is -1.99. The fourth-order valence-corrected chi connectivity index (χ4v) is 0.854. The highest BCUT2D eigenvalue weighted by molar-refractivity contribution is 5.73. The summed E-state index contributed by atoms with van der Waals surface area (Å²) in [6.07, 6.45) is 3.36. The molecular formula is C9H12N4O3. The Labute approximate surface area is 91.0 Å². The zero-order valence-corrected chi connectivity index (χ0v) is 8.37. The summed E-state index contributed by atoms with van der Waals surface area (Å²) in [6, 6.07) is 2.69. The van der Waals surface area contributed by atoms with Crippen molar-refractivity contribution in [2.45, 2.75) is 6.04 Å². The van der Waals surface area contributed by atoms with Gasteiger partial charge in [-0.3, -0.25) is 4.79 Å². The minimum Gasteiger partial charge on any atom is -0.480 e. The van der Waals surface area contributed by atoms with Crippen molar-refractivity contribution in [3.8, 4) is 0 Å². The topological polar surface area (TPSA) is 125 Å². The number of nitrogens with two attached hydrogens (primary N) is 1. The number of aliphatic hydroxyl groups excluding tert-OH is 1. The number of aromatic amines is 1. The quantitative estimate of drug-likeness (QED) is 0.537. The third-order valence-electron chi connectivity index (χ3n) is 1.71. The lowest BCUT2D eigenvalue weighted by Crippen LogP contribution is -2.33. The maximum absolute atomic E-state index is 9.65. The number of imidazole rings is 1. The van der Waals surface area contributed by atoms with Crippen molar-refractivity contribution >= 4 is 17.1 Å². The molecule has 16 heavy (non-hydrogen) atoms. The van der Waals surface area contributed by atoms with Crippen LogP contribution in [0.4, 0.5) is 0 Å². The van der Waals surface area contributed by atoms with E-state index < -0.39 is 18.6 Å². The highest BCUT2D eigenvalue weighted by Gasteiger charge is 2.06. The number of carbonyl (C=O) groups is 1. The number of aromatic nitrogens is 3. The molecule has 0 aliphatic rings. The van der Waals surface area contributed by atoms with Gasteiger partial charge in [-0.25, -0.2) is 9.97 Å². The number of rotatable bonds is 2. The van der Waals surface area contributed by atoms with Crippen LogP contribution in [-0.2, 0) is 4.79 Å². The normalized spacial score (nSPS) is 11.6. The van der Waals surface area contributed by atoms with Crippen LogP contribution in [0.1, 0.15) is 0 Å². The molecule has 0 saturated carbocycles. The largest absolute Gasteiger partial charge is 0.480 e. The zero-order valence-electron chi connectivity index (χ0n) is 8.37. The minimum absolute atomic E-state index is 0.505. The molecule has 0 aliphatic heterocycles. The molecule has 2 aromatic rings. The first-order valence-corrected chi connectivity index (χ1v) is 4.48. The van der Waals surface area contributed by atoms with Gasteiger partial charge in [0.15, 0.2) is 5.65 Å². The highest BCUT2D eigenvalue weighted by atomic mass is 16.4. The molecule has 0 fully saturated rings. The molecule has 2 aromatic heterocycles. The third-order valence-corrected chi connectivity index (χ3v) is 1.71. The van der Waals surface area contributed by atoms with Crippen molar-refractivity contribution < 1.29 is 15.0 Å². The van der Waals surface area contributed by atoms with Gasteiger partial charge >= 0.3 is 5.97 Å². The van der Waals surface area contributed by atoms with Crippen LogP contribution in [0.2, 0.25) is 0 Å². The molecule has 5 N–H and O–H groups in total. The standard InChI is InChI=1S/C6H5N3.C3H7NO3/c1-2-5-6(7-3-1)9-4-8-5;4-2(1-5)3(6)7/h1-4H,(H,7,8,9);2,5H,1,4H2,(H,6,7). The number of pyridine rings is 1. The van der Waals surface area contributed by atoms with E-state index in [4.69, 9.17) is 15.9 Å². The van der Waals surface area contributed by atoms with Crippen molar-refractivity contribution in [2.75, 3.05) is 6.61 Å². The van der Waals surface area contributed by atoms with Crippen molar-refractivity contribution in [3.63, 3.8) is 0 Å². The van der Waals surface area contributed by atoms with Gasteiger partial charge in [-0.1, -0.05) is 0 Å². The highest BCUT2D eigenvalue weighted by Crippen LogP contribution is 2.01. The summed E-state index contributed by atoms with van der Waals surface area (Å²) >= 11 is 0. The van der Waals surface area contributed by atoms with E-state index in [1.54, 1.807) is 12.5 Å². The summed E-state index contributed by atoms with van der Waals surface area (Å²) in [5.41, 5.74) is 6.53. The Morgan fingerprint density at radius 2 is 2.31 bits per heavy atom. The van der Waals surface area contributed by atoms with E-state index in [1.165, 1.54) is 0 Å². The van der Waals surface area contributed by atoms with E-state index in [0.717, 1.165) is 11.2 Å². The SMILES string of the molecule is NC(CO)C(=O)O.c1cnc2nc[nH]c2c1. The van der Waals surface area contributed by atoms with Crippen LogP contribution in [-0.4, -0.2) is 43.8 Å². The number of carboxylic acids is 1. The average molecular weight is 224 g/mol. The van der Waals surface area contributed by atoms with Crippen molar-refractivity contribution in [3.05, 3.63) is 24.7 Å². The molecule has 7 nitrogen and oxygen atoms in total. The summed E-state index contributed by atoms with van der Waals surface area (Å²) in [7, 11) is 0. The summed E-state index contributed by atoms with van der Waals surface area (Å²) in [5.74, 6) is -1.18. The number of fused-ring (bicyclic) bond motifs is 1. The minimum atomic E-state index is -1.18. The number of aliphatic hydroxyl groups is 1. The lowest BCUT2D eigenvalue weighted by Gasteiger charge is -1.96. The van der Waals surface area contributed by atoms with Gasteiger partial charge in [-0.05, 0) is 12.1 Å². The Kier molecular flexibility index (Phi) is 4.37. The maximum atomic E-state index is 9.65. The van der Waals surface area contributed by atoms with E-state index in [2.05, 4.69) is 15.0 Å². The van der Waals surface area contributed by atoms with Crippen molar-refractivity contribution in [2.24, 2.45) is 5.73 Å². The number of H-pyrrole nitrogens is 1. The van der Waals surface area contributed by atoms with Crippen LogP contribution in [0.25, 0.3) is 11.2 Å². The van der Waals surface area contributed by atoms with Gasteiger partial charge in [0, 0.05) is 6.20 Å². The van der Waals surface area contributed by atoms with Gasteiger partial charge in [0.05, 0.1) is 18.5 Å². The van der Waals surface area contributed by atoms with E-state index in [9.17, 15) is 4.79 Å². The smallest absolute Gasteiger partial charge is 0.322 e. The number of carboxylic acid groups (broad SMARTS) is 1. The van der Waals surface area contributed by atoms with Crippen LogP contribution in [0.3, 0.4) is 0 Å². The number of hydrogen-bond donors (Lipinski definition) is 4. The summed E-state index contributed by atoms with van der Waals surface area (Å²) in [4.78, 5) is 20.5. The molecule has 0 aromatic carbocycles. The number of hydrogen-bond acceptors (Lipinski definition) is 5. The lowest BCUT2D eigenvalue weighted by molar-refractivity contribution is -0.139. The van der Waals surface area contributed by atoms with Gasteiger partial charge in [-0.15, -0.1) is 0 Å². The van der Waals surface area contributed by atoms with Crippen LogP contribution in [0, 0.1) is 0 Å². The molecule has 0 bridgehead atoms. The van der Waals surface area contributed by atoms with E-state index in [-0.39, 0.29) is 0 Å². The second-order valence-electron chi connectivity index (χ2n) is 2.90. The molecule has 2 heterocycles. The molecule has 0 saturated heterocycles. The van der Waals surface area contributed by atoms with E-state index >= 15 is 0 Å². The van der Waals surface area contributed by atoms with Crippen LogP contribution < -0.4 is 5.73 Å². The van der Waals surface area contributed by atoms with Crippen LogP contribution in [0.5, 0.6) is 0 Å². The molecule has 1 atom stereocenters. The number of nitrogens with zero attached hydrogens (tertiary/aromatic N) is 2. The van der Waals surface area contributed by atoms with E-state index in [1.807, 2.05) is 12.1 Å². The Balaban J connectivity index is 0.000000168. The number of aliphatic carboxylic acids is 1. The molecular weight excluding hydrogens is 212 g/mol. The Morgan fingerprint density at radius 1 is 1.56 bits per heavy atom. The second-order valence-corrected chi connectivity index (χ2v) is 2.90. The summed E-state index contributed by atoms with van der Waals surface area (Å²) < 4.78 is 0. The fraction of sp³-hybridized carbons (Fsp3) is 0.222. The van der Waals surface area contributed by atoms with Crippen molar-refractivity contribution in [1.29, 1.82) is 0 Å². The van der Waals surface area contributed by atoms with Gasteiger partial charge in [0.2, 0.25) is 0 Å². The first-order valence-electron chi connectivity index (χ1n) is 4.48. The van der Waals surface area contributed by atoms with Crippen LogP contribution in [0.15, 0.2) is 24.7 Å². The van der Waals surface area contributed by atoms with Gasteiger partial charge in [0.1, 0.15) is 6.04 Å². The summed E-state index contributed by atoms with van der Waals surface area (Å²) in [6.45, 7) is -0.505. The maximum Gasteiger partial charge on any atom is 0.322 e. The first-order chi connectivity index (χ1) is 7.65. The Morgan fingerprint density at radius 3 is 2.81 bits per heavy atom. The van der Waals surface area contributed by atoms with Gasteiger partial charge in [0.25, 0.3) is 0 Å². The average Bonchev–Trinajstić information content (AvgIpc) is 2.76.